The molecule has 1 unspecified atom stereocenters. The number of nitrogens with one attached hydrogen (secondary N) is 2. The van der Waals surface area contributed by atoms with Crippen molar-refractivity contribution < 1.29 is 22.7 Å². The molecule has 0 saturated carbocycles. The molecule has 0 aliphatic carbocycles. The van der Waals surface area contributed by atoms with E-state index in [9.17, 15) is 13.2 Å². The molecule has 0 saturated heterocycles. The maximum absolute atomic E-state index is 12.4. The molecule has 1 atom stereocenters. The number of benzene rings is 2. The molecule has 0 bridgehead atoms. The van der Waals surface area contributed by atoms with Gasteiger partial charge in [0, 0.05) is 10.5 Å². The number of sulfonamides is 1. The van der Waals surface area contributed by atoms with Crippen molar-refractivity contribution in [1.29, 1.82) is 0 Å². The Hall–Kier alpha value is -2.10. The molecule has 140 valence electrons. The van der Waals surface area contributed by atoms with Gasteiger partial charge in [-0.1, -0.05) is 15.9 Å². The highest BCUT2D eigenvalue weighted by molar-refractivity contribution is 9.10. The molecule has 0 radical (unpaired) electrons. The van der Waals surface area contributed by atoms with Gasteiger partial charge in [-0.05, 0) is 43.3 Å². The number of hydrogen-bond acceptors (Lipinski definition) is 5. The summed E-state index contributed by atoms with van der Waals surface area (Å²) in [4.78, 5) is 12.4. The smallest absolute Gasteiger partial charge is 0.242 e. The van der Waals surface area contributed by atoms with Crippen LogP contribution in [0.1, 0.15) is 6.92 Å². The van der Waals surface area contributed by atoms with Crippen LogP contribution in [0.15, 0.2) is 51.8 Å². The Morgan fingerprint density at radius 1 is 1.08 bits per heavy atom. The topological polar surface area (TPSA) is 93.7 Å². The Morgan fingerprint density at radius 3 is 2.31 bits per heavy atom. The van der Waals surface area contributed by atoms with Crippen molar-refractivity contribution in [2.24, 2.45) is 0 Å². The first kappa shape index (κ1) is 20.2. The minimum absolute atomic E-state index is 0.0716. The van der Waals surface area contributed by atoms with Gasteiger partial charge in [0.2, 0.25) is 15.9 Å². The summed E-state index contributed by atoms with van der Waals surface area (Å²) >= 11 is 3.25. The Bertz CT molecular complexity index is 885. The Morgan fingerprint density at radius 2 is 1.73 bits per heavy atom. The summed E-state index contributed by atoms with van der Waals surface area (Å²) in [6.45, 7) is 1.46. The predicted molar refractivity (Wildman–Crippen MR) is 102 cm³/mol. The fraction of sp³-hybridized carbons (Fsp3) is 0.235. The molecule has 0 fully saturated rings. The summed E-state index contributed by atoms with van der Waals surface area (Å²) in [5.41, 5.74) is 0.410. The largest absolute Gasteiger partial charge is 0.497 e. The van der Waals surface area contributed by atoms with E-state index in [1.807, 2.05) is 0 Å². The average molecular weight is 443 g/mol. The number of anilines is 1. The van der Waals surface area contributed by atoms with Crippen LogP contribution in [-0.2, 0) is 14.8 Å². The van der Waals surface area contributed by atoms with Crippen molar-refractivity contribution in [1.82, 2.24) is 4.72 Å². The second-order valence-corrected chi connectivity index (χ2v) is 7.98. The molecule has 26 heavy (non-hydrogen) atoms. The van der Waals surface area contributed by atoms with E-state index in [4.69, 9.17) is 9.47 Å². The molecule has 7 nitrogen and oxygen atoms in total. The number of carbonyl (C=O) groups excluding carboxylic acids is 1. The number of amides is 1. The summed E-state index contributed by atoms with van der Waals surface area (Å²) in [5.74, 6) is 0.457. The second-order valence-electron chi connectivity index (χ2n) is 5.35. The van der Waals surface area contributed by atoms with Gasteiger partial charge in [0.15, 0.2) is 0 Å². The van der Waals surface area contributed by atoms with Gasteiger partial charge in [-0.25, -0.2) is 8.42 Å². The van der Waals surface area contributed by atoms with Crippen molar-refractivity contribution in [2.75, 3.05) is 19.5 Å². The van der Waals surface area contributed by atoms with E-state index < -0.39 is 22.0 Å². The summed E-state index contributed by atoms with van der Waals surface area (Å²) in [7, 11) is -0.841. The lowest BCUT2D eigenvalue weighted by Crippen LogP contribution is -2.41. The predicted octanol–water partition coefficient (Wildman–Crippen LogP) is 2.77. The van der Waals surface area contributed by atoms with Crippen LogP contribution < -0.4 is 19.5 Å². The first-order valence-electron chi connectivity index (χ1n) is 7.57. The third-order valence-corrected chi connectivity index (χ3v) is 5.60. The van der Waals surface area contributed by atoms with Crippen molar-refractivity contribution in [3.05, 3.63) is 46.9 Å². The number of halogens is 1. The van der Waals surface area contributed by atoms with Gasteiger partial charge in [-0.2, -0.15) is 4.72 Å². The third-order valence-electron chi connectivity index (χ3n) is 3.52. The van der Waals surface area contributed by atoms with E-state index >= 15 is 0 Å². The zero-order valence-electron chi connectivity index (χ0n) is 14.4. The van der Waals surface area contributed by atoms with Crippen LogP contribution >= 0.6 is 15.9 Å². The standard InChI is InChI=1S/C17H19BrN2O5S/c1-11(20-26(22,23)14-7-4-12(18)5-8-14)17(21)19-15-9-6-13(24-2)10-16(15)25-3/h4-11,20H,1-3H3,(H,19,21). The van der Waals surface area contributed by atoms with Gasteiger partial charge in [0.25, 0.3) is 0 Å². The maximum atomic E-state index is 12.4. The Kier molecular flexibility index (Phi) is 6.63. The fourth-order valence-electron chi connectivity index (χ4n) is 2.11. The lowest BCUT2D eigenvalue weighted by Gasteiger charge is -2.16. The minimum atomic E-state index is -3.82. The molecule has 2 rings (SSSR count). The molecule has 2 aromatic carbocycles. The highest BCUT2D eigenvalue weighted by Crippen LogP contribution is 2.29. The molecule has 0 aliphatic heterocycles. The van der Waals surface area contributed by atoms with Crippen molar-refractivity contribution >= 4 is 37.5 Å². The Balaban J connectivity index is 2.11. The SMILES string of the molecule is COc1ccc(NC(=O)C(C)NS(=O)(=O)c2ccc(Br)cc2)c(OC)c1. The first-order chi connectivity index (χ1) is 12.3. The maximum Gasteiger partial charge on any atom is 0.242 e. The van der Waals surface area contributed by atoms with Crippen LogP contribution in [0.3, 0.4) is 0 Å². The number of rotatable bonds is 7. The van der Waals surface area contributed by atoms with Gasteiger partial charge in [-0.15, -0.1) is 0 Å². The van der Waals surface area contributed by atoms with Crippen molar-refractivity contribution in [3.63, 3.8) is 0 Å². The van der Waals surface area contributed by atoms with E-state index in [1.165, 1.54) is 33.3 Å². The van der Waals surface area contributed by atoms with E-state index in [0.29, 0.717) is 17.2 Å². The van der Waals surface area contributed by atoms with Gasteiger partial charge in [-0.3, -0.25) is 4.79 Å². The van der Waals surface area contributed by atoms with Crippen LogP contribution in [0.4, 0.5) is 5.69 Å². The lowest BCUT2D eigenvalue weighted by atomic mass is 10.2. The average Bonchev–Trinajstić information content (AvgIpc) is 2.61. The number of methoxy groups -OCH3 is 2. The van der Waals surface area contributed by atoms with Crippen LogP contribution in [0.2, 0.25) is 0 Å². The lowest BCUT2D eigenvalue weighted by molar-refractivity contribution is -0.117. The molecular weight excluding hydrogens is 424 g/mol. The molecule has 0 heterocycles. The number of carbonyl (C=O) groups is 1. The van der Waals surface area contributed by atoms with Crippen LogP contribution in [0.5, 0.6) is 11.5 Å². The Labute approximate surface area is 160 Å². The summed E-state index contributed by atoms with van der Waals surface area (Å²) in [6, 6.07) is 10.0. The minimum Gasteiger partial charge on any atom is -0.497 e. The highest BCUT2D eigenvalue weighted by Gasteiger charge is 2.22. The zero-order chi connectivity index (χ0) is 19.3. The van der Waals surface area contributed by atoms with E-state index in [1.54, 1.807) is 30.3 Å². The van der Waals surface area contributed by atoms with Crippen molar-refractivity contribution in [2.45, 2.75) is 17.9 Å². The van der Waals surface area contributed by atoms with Gasteiger partial charge in [0.1, 0.15) is 11.5 Å². The number of ether oxygens (including phenoxy) is 2. The normalized spacial score (nSPS) is 12.3. The van der Waals surface area contributed by atoms with E-state index in [2.05, 4.69) is 26.0 Å². The van der Waals surface area contributed by atoms with Crippen LogP contribution in [0, 0.1) is 0 Å². The van der Waals surface area contributed by atoms with E-state index in [0.717, 1.165) is 4.47 Å². The second kappa shape index (κ2) is 8.52. The molecule has 0 aromatic heterocycles. The summed E-state index contributed by atoms with van der Waals surface area (Å²) in [6.07, 6.45) is 0. The monoisotopic (exact) mass is 442 g/mol. The van der Waals surface area contributed by atoms with Crippen LogP contribution in [-0.4, -0.2) is 34.6 Å². The molecule has 0 spiro atoms. The molecule has 2 aromatic rings. The molecular formula is C17H19BrN2O5S. The fourth-order valence-corrected chi connectivity index (χ4v) is 3.58. The molecule has 0 aliphatic rings. The zero-order valence-corrected chi connectivity index (χ0v) is 16.8. The van der Waals surface area contributed by atoms with Crippen LogP contribution in [0.25, 0.3) is 0 Å². The summed E-state index contributed by atoms with van der Waals surface area (Å²) < 4.78 is 38.2. The van der Waals surface area contributed by atoms with Gasteiger partial charge in [0.05, 0.1) is 30.8 Å². The van der Waals surface area contributed by atoms with Crippen molar-refractivity contribution in [3.8, 4) is 11.5 Å². The molecule has 1 amide bonds. The molecule has 2 N–H and O–H groups in total. The quantitative estimate of drug-likeness (QED) is 0.687. The van der Waals surface area contributed by atoms with Gasteiger partial charge < -0.3 is 14.8 Å². The summed E-state index contributed by atoms with van der Waals surface area (Å²) in [5, 5.41) is 2.64. The molecule has 9 heteroatoms. The van der Waals surface area contributed by atoms with E-state index in [-0.39, 0.29) is 4.90 Å². The number of hydrogen-bond donors (Lipinski definition) is 2. The third kappa shape index (κ3) is 4.96. The first-order valence-corrected chi connectivity index (χ1v) is 9.85. The van der Waals surface area contributed by atoms with Gasteiger partial charge >= 0.3 is 0 Å². The highest BCUT2D eigenvalue weighted by atomic mass is 79.9.